The third kappa shape index (κ3) is 2.95. The summed E-state index contributed by atoms with van der Waals surface area (Å²) in [4.78, 5) is 24.6. The van der Waals surface area contributed by atoms with Gasteiger partial charge in [0, 0.05) is 11.1 Å². The van der Waals surface area contributed by atoms with Crippen LogP contribution in [0.3, 0.4) is 0 Å². The number of benzene rings is 4. The summed E-state index contributed by atoms with van der Waals surface area (Å²) >= 11 is 0. The molecule has 0 saturated heterocycles. The van der Waals surface area contributed by atoms with E-state index in [1.54, 1.807) is 31.2 Å². The number of carboxylic acids is 1. The van der Waals surface area contributed by atoms with Crippen molar-refractivity contribution in [3.63, 3.8) is 0 Å². The van der Waals surface area contributed by atoms with Crippen LogP contribution in [-0.2, 0) is 0 Å². The van der Waals surface area contributed by atoms with Gasteiger partial charge in [-0.25, -0.2) is 4.79 Å². The first kappa shape index (κ1) is 17.9. The Morgan fingerprint density at radius 3 is 1.89 bits per heavy atom. The molecule has 0 saturated carbocycles. The minimum absolute atomic E-state index is 0.0699. The molecule has 3 heteroatoms. The molecule has 28 heavy (non-hydrogen) atoms. The molecule has 0 amide bonds. The highest BCUT2D eigenvalue weighted by molar-refractivity contribution is 6.13. The van der Waals surface area contributed by atoms with E-state index < -0.39 is 5.97 Å². The Kier molecular flexibility index (Phi) is 4.23. The normalized spacial score (nSPS) is 11.1. The highest BCUT2D eigenvalue weighted by atomic mass is 16.4. The zero-order chi connectivity index (χ0) is 20.0. The first-order chi connectivity index (χ1) is 13.3. The van der Waals surface area contributed by atoms with Crippen LogP contribution < -0.4 is 0 Å². The molecule has 0 atom stereocenters. The summed E-state index contributed by atoms with van der Waals surface area (Å²) in [6.45, 7) is 5.92. The zero-order valence-corrected chi connectivity index (χ0v) is 16.0. The summed E-state index contributed by atoms with van der Waals surface area (Å²) in [7, 11) is 0. The Morgan fingerprint density at radius 1 is 0.643 bits per heavy atom. The van der Waals surface area contributed by atoms with E-state index >= 15 is 0 Å². The van der Waals surface area contributed by atoms with Gasteiger partial charge < -0.3 is 5.11 Å². The highest BCUT2D eigenvalue weighted by Crippen LogP contribution is 2.26. The maximum absolute atomic E-state index is 13.1. The molecular weight excluding hydrogens is 348 g/mol. The number of carbonyl (C=O) groups is 2. The van der Waals surface area contributed by atoms with Crippen LogP contribution in [0.4, 0.5) is 0 Å². The zero-order valence-electron chi connectivity index (χ0n) is 16.0. The van der Waals surface area contributed by atoms with Gasteiger partial charge in [0.15, 0.2) is 5.78 Å². The predicted molar refractivity (Wildman–Crippen MR) is 112 cm³/mol. The van der Waals surface area contributed by atoms with E-state index in [0.29, 0.717) is 22.1 Å². The smallest absolute Gasteiger partial charge is 0.336 e. The molecule has 0 aliphatic carbocycles. The summed E-state index contributed by atoms with van der Waals surface area (Å²) < 4.78 is 0. The average Bonchev–Trinajstić information content (AvgIpc) is 2.67. The van der Waals surface area contributed by atoms with Crippen molar-refractivity contribution in [3.05, 3.63) is 94.0 Å². The number of aryl methyl sites for hydroxylation is 3. The predicted octanol–water partition coefficient (Wildman–Crippen LogP) is 5.85. The Hall–Kier alpha value is -3.46. The summed E-state index contributed by atoms with van der Waals surface area (Å²) in [6.07, 6.45) is 0. The SMILES string of the molecule is Cc1cc2ccc(C(=O)c3ccc4c(C(=O)O)c(C)ccc4c3)cc2cc1C. The van der Waals surface area contributed by atoms with Gasteiger partial charge in [0.05, 0.1) is 5.56 Å². The molecule has 138 valence electrons. The van der Waals surface area contributed by atoms with E-state index in [4.69, 9.17) is 0 Å². The molecule has 0 spiro atoms. The molecule has 0 radical (unpaired) electrons. The van der Waals surface area contributed by atoms with Crippen LogP contribution in [0.25, 0.3) is 21.5 Å². The van der Waals surface area contributed by atoms with Crippen molar-refractivity contribution in [2.24, 2.45) is 0 Å². The molecule has 0 aromatic heterocycles. The Balaban J connectivity index is 1.80. The fourth-order valence-corrected chi connectivity index (χ4v) is 3.70. The minimum atomic E-state index is -0.956. The number of carbonyl (C=O) groups excluding carboxylic acids is 1. The van der Waals surface area contributed by atoms with E-state index in [9.17, 15) is 14.7 Å². The van der Waals surface area contributed by atoms with Crippen molar-refractivity contribution in [1.82, 2.24) is 0 Å². The Morgan fingerprint density at radius 2 is 1.21 bits per heavy atom. The summed E-state index contributed by atoms with van der Waals surface area (Å²) in [5.41, 5.74) is 4.59. The third-order valence-corrected chi connectivity index (χ3v) is 5.42. The van der Waals surface area contributed by atoms with Crippen molar-refractivity contribution in [1.29, 1.82) is 0 Å². The number of carboxylic acid groups (broad SMARTS) is 1. The molecule has 0 unspecified atom stereocenters. The second-order valence-electron chi connectivity index (χ2n) is 7.33. The van der Waals surface area contributed by atoms with Crippen LogP contribution in [0.15, 0.2) is 60.7 Å². The third-order valence-electron chi connectivity index (χ3n) is 5.42. The van der Waals surface area contributed by atoms with E-state index in [-0.39, 0.29) is 11.3 Å². The molecule has 0 aliphatic heterocycles. The molecule has 0 fully saturated rings. The number of rotatable bonds is 3. The average molecular weight is 368 g/mol. The lowest BCUT2D eigenvalue weighted by atomic mass is 9.94. The summed E-state index contributed by atoms with van der Waals surface area (Å²) in [6, 6.07) is 18.8. The lowest BCUT2D eigenvalue weighted by molar-refractivity contribution is 0.0698. The van der Waals surface area contributed by atoms with Crippen molar-refractivity contribution in [2.75, 3.05) is 0 Å². The number of ketones is 1. The van der Waals surface area contributed by atoms with Crippen LogP contribution in [0, 0.1) is 20.8 Å². The van der Waals surface area contributed by atoms with Gasteiger partial charge in [0.1, 0.15) is 0 Å². The Bertz CT molecular complexity index is 1280. The van der Waals surface area contributed by atoms with Gasteiger partial charge in [0.25, 0.3) is 0 Å². The van der Waals surface area contributed by atoms with E-state index in [1.165, 1.54) is 11.1 Å². The molecular formula is C25H20O3. The van der Waals surface area contributed by atoms with Gasteiger partial charge in [-0.05, 0) is 71.1 Å². The van der Waals surface area contributed by atoms with Crippen LogP contribution >= 0.6 is 0 Å². The number of hydrogen-bond donors (Lipinski definition) is 1. The van der Waals surface area contributed by atoms with Crippen molar-refractivity contribution >= 4 is 33.3 Å². The molecule has 3 nitrogen and oxygen atoms in total. The van der Waals surface area contributed by atoms with Crippen LogP contribution in [0.5, 0.6) is 0 Å². The van der Waals surface area contributed by atoms with Crippen LogP contribution in [0.1, 0.15) is 43.0 Å². The van der Waals surface area contributed by atoms with Crippen molar-refractivity contribution in [3.8, 4) is 0 Å². The maximum Gasteiger partial charge on any atom is 0.336 e. The summed E-state index contributed by atoms with van der Waals surface area (Å²) in [5, 5.41) is 13.0. The number of hydrogen-bond acceptors (Lipinski definition) is 2. The van der Waals surface area contributed by atoms with E-state index in [1.807, 2.05) is 24.3 Å². The van der Waals surface area contributed by atoms with Gasteiger partial charge in [-0.3, -0.25) is 4.79 Å². The standard InChI is InChI=1S/C25H20O3/c1-14-4-5-18-12-20(8-9-22(18)23(14)25(27)28)24(26)19-7-6-17-10-15(2)16(3)11-21(17)13-19/h4-13H,1-3H3,(H,27,28). The van der Waals surface area contributed by atoms with Gasteiger partial charge >= 0.3 is 5.97 Å². The first-order valence-corrected chi connectivity index (χ1v) is 9.17. The van der Waals surface area contributed by atoms with Gasteiger partial charge in [-0.1, -0.05) is 48.5 Å². The highest BCUT2D eigenvalue weighted by Gasteiger charge is 2.15. The summed E-state index contributed by atoms with van der Waals surface area (Å²) in [5.74, 6) is -1.03. The molecule has 0 bridgehead atoms. The largest absolute Gasteiger partial charge is 0.478 e. The fraction of sp³-hybridized carbons (Fsp3) is 0.120. The molecule has 1 N–H and O–H groups in total. The molecule has 4 aromatic carbocycles. The minimum Gasteiger partial charge on any atom is -0.478 e. The molecule has 0 heterocycles. The quantitative estimate of drug-likeness (QED) is 0.462. The Labute approximate surface area is 163 Å². The molecule has 0 aliphatic rings. The van der Waals surface area contributed by atoms with E-state index in [0.717, 1.165) is 16.2 Å². The fourth-order valence-electron chi connectivity index (χ4n) is 3.70. The van der Waals surface area contributed by atoms with Gasteiger partial charge in [-0.15, -0.1) is 0 Å². The van der Waals surface area contributed by atoms with Crippen LogP contribution in [-0.4, -0.2) is 16.9 Å². The second-order valence-corrected chi connectivity index (χ2v) is 7.33. The molecule has 4 rings (SSSR count). The van der Waals surface area contributed by atoms with Crippen molar-refractivity contribution < 1.29 is 14.7 Å². The van der Waals surface area contributed by atoms with Crippen LogP contribution in [0.2, 0.25) is 0 Å². The van der Waals surface area contributed by atoms with Gasteiger partial charge in [-0.2, -0.15) is 0 Å². The van der Waals surface area contributed by atoms with Crippen molar-refractivity contribution in [2.45, 2.75) is 20.8 Å². The lowest BCUT2D eigenvalue weighted by Gasteiger charge is -2.09. The number of fused-ring (bicyclic) bond motifs is 2. The van der Waals surface area contributed by atoms with Gasteiger partial charge in [0.2, 0.25) is 0 Å². The first-order valence-electron chi connectivity index (χ1n) is 9.17. The topological polar surface area (TPSA) is 54.4 Å². The lowest BCUT2D eigenvalue weighted by Crippen LogP contribution is -2.04. The molecule has 4 aromatic rings. The monoisotopic (exact) mass is 368 g/mol. The van der Waals surface area contributed by atoms with E-state index in [2.05, 4.69) is 26.0 Å². The second kappa shape index (κ2) is 6.61. The number of aromatic carboxylic acids is 1. The maximum atomic E-state index is 13.1.